The molecule has 2 aromatic carbocycles. The molecule has 0 saturated heterocycles. The van der Waals surface area contributed by atoms with Crippen molar-refractivity contribution in [1.82, 2.24) is 0 Å². The molecule has 0 aliphatic rings. The lowest BCUT2D eigenvalue weighted by Crippen LogP contribution is -2.07. The zero-order valence-electron chi connectivity index (χ0n) is 15.9. The smallest absolute Gasteiger partial charge is 0.115 e. The van der Waals surface area contributed by atoms with Gasteiger partial charge in [0.15, 0.2) is 0 Å². The van der Waals surface area contributed by atoms with E-state index < -0.39 is 0 Å². The van der Waals surface area contributed by atoms with Crippen LogP contribution in [-0.2, 0) is 12.8 Å². The molecular weight excluding hydrogens is 308 g/mol. The predicted octanol–water partition coefficient (Wildman–Crippen LogP) is 6.32. The number of phenols is 2. The highest BCUT2D eigenvalue weighted by Gasteiger charge is 2.19. The third-order valence-corrected chi connectivity index (χ3v) is 5.01. The largest absolute Gasteiger partial charge is 0.508 e. The molecule has 2 nitrogen and oxygen atoms in total. The molecule has 0 atom stereocenters. The maximum absolute atomic E-state index is 9.94. The van der Waals surface area contributed by atoms with Crippen LogP contribution in [0, 0.1) is 0 Å². The van der Waals surface area contributed by atoms with Crippen LogP contribution in [0.3, 0.4) is 0 Å². The second kappa shape index (κ2) is 9.50. The highest BCUT2D eigenvalue weighted by atomic mass is 16.3. The normalized spacial score (nSPS) is 11.2. The number of hydrogen-bond donors (Lipinski definition) is 2. The van der Waals surface area contributed by atoms with Gasteiger partial charge in [0, 0.05) is 5.92 Å². The van der Waals surface area contributed by atoms with Crippen molar-refractivity contribution in [2.24, 2.45) is 0 Å². The average molecular weight is 341 g/mol. The predicted molar refractivity (Wildman–Crippen MR) is 106 cm³/mol. The van der Waals surface area contributed by atoms with Gasteiger partial charge in [-0.3, -0.25) is 0 Å². The Morgan fingerprint density at radius 1 is 0.720 bits per heavy atom. The second-order valence-corrected chi connectivity index (χ2v) is 6.93. The van der Waals surface area contributed by atoms with Crippen LogP contribution >= 0.6 is 0 Å². The summed E-state index contributed by atoms with van der Waals surface area (Å²) < 4.78 is 0. The van der Waals surface area contributed by atoms with Gasteiger partial charge in [0.05, 0.1) is 0 Å². The van der Waals surface area contributed by atoms with Crippen LogP contribution in [0.15, 0.2) is 36.4 Å². The molecule has 2 aromatic rings. The Hall–Kier alpha value is -1.96. The number of hydrogen-bond acceptors (Lipinski definition) is 2. The van der Waals surface area contributed by atoms with Gasteiger partial charge >= 0.3 is 0 Å². The van der Waals surface area contributed by atoms with Crippen LogP contribution < -0.4 is 0 Å². The monoisotopic (exact) mass is 340 g/mol. The molecule has 0 aromatic heterocycles. The third kappa shape index (κ3) is 5.01. The van der Waals surface area contributed by atoms with Gasteiger partial charge in [-0.25, -0.2) is 0 Å². The van der Waals surface area contributed by atoms with Gasteiger partial charge in [0.25, 0.3) is 0 Å². The minimum atomic E-state index is 0.305. The molecule has 0 fully saturated rings. The summed E-state index contributed by atoms with van der Waals surface area (Å²) in [4.78, 5) is 0. The van der Waals surface area contributed by atoms with Crippen LogP contribution in [0.5, 0.6) is 11.5 Å². The third-order valence-electron chi connectivity index (χ3n) is 5.01. The van der Waals surface area contributed by atoms with Gasteiger partial charge in [-0.15, -0.1) is 0 Å². The summed E-state index contributed by atoms with van der Waals surface area (Å²) in [7, 11) is 0. The van der Waals surface area contributed by atoms with Crippen molar-refractivity contribution in [3.63, 3.8) is 0 Å². The van der Waals surface area contributed by atoms with Gasteiger partial charge in [-0.05, 0) is 78.6 Å². The first-order chi connectivity index (χ1) is 12.1. The molecule has 0 spiro atoms. The molecule has 0 bridgehead atoms. The van der Waals surface area contributed by atoms with E-state index in [9.17, 15) is 10.2 Å². The van der Waals surface area contributed by atoms with Crippen LogP contribution in [-0.4, -0.2) is 10.2 Å². The van der Waals surface area contributed by atoms with Crippen molar-refractivity contribution in [3.8, 4) is 11.5 Å². The van der Waals surface area contributed by atoms with E-state index in [0.29, 0.717) is 17.4 Å². The summed E-state index contributed by atoms with van der Waals surface area (Å²) in [5.41, 5.74) is 5.14. The highest BCUT2D eigenvalue weighted by molar-refractivity contribution is 5.46. The van der Waals surface area contributed by atoms with Gasteiger partial charge < -0.3 is 10.2 Å². The minimum absolute atomic E-state index is 0.305. The van der Waals surface area contributed by atoms with Crippen molar-refractivity contribution >= 4 is 0 Å². The summed E-state index contributed by atoms with van der Waals surface area (Å²) in [6.07, 6.45) is 7.56. The molecule has 0 saturated carbocycles. The zero-order valence-corrected chi connectivity index (χ0v) is 15.9. The maximum atomic E-state index is 9.94. The summed E-state index contributed by atoms with van der Waals surface area (Å²) in [5, 5.41) is 19.9. The Balaban J connectivity index is 2.46. The van der Waals surface area contributed by atoms with Gasteiger partial charge in [-0.1, -0.05) is 45.7 Å². The van der Waals surface area contributed by atoms with Crippen molar-refractivity contribution in [3.05, 3.63) is 58.7 Å². The number of unbranched alkanes of at least 4 members (excludes halogenated alkanes) is 2. The van der Waals surface area contributed by atoms with E-state index >= 15 is 0 Å². The first-order valence-electron chi connectivity index (χ1n) is 9.74. The topological polar surface area (TPSA) is 40.5 Å². The lowest BCUT2D eigenvalue weighted by atomic mass is 9.82. The van der Waals surface area contributed by atoms with Crippen molar-refractivity contribution in [2.75, 3.05) is 0 Å². The first-order valence-corrected chi connectivity index (χ1v) is 9.74. The number of phenolic OH excluding ortho intramolecular Hbond substituents is 2. The van der Waals surface area contributed by atoms with Crippen LogP contribution in [0.2, 0.25) is 0 Å². The fourth-order valence-electron chi connectivity index (χ4n) is 3.64. The van der Waals surface area contributed by atoms with Crippen molar-refractivity contribution < 1.29 is 10.2 Å². The quantitative estimate of drug-likeness (QED) is 0.560. The fraction of sp³-hybridized carbons (Fsp3) is 0.478. The van der Waals surface area contributed by atoms with E-state index in [-0.39, 0.29) is 0 Å². The lowest BCUT2D eigenvalue weighted by molar-refractivity contribution is 0.473. The van der Waals surface area contributed by atoms with E-state index in [0.717, 1.165) is 44.9 Å². The summed E-state index contributed by atoms with van der Waals surface area (Å²) in [5.74, 6) is 1.00. The van der Waals surface area contributed by atoms with Crippen LogP contribution in [0.25, 0.3) is 0 Å². The molecule has 0 unspecified atom stereocenters. The Bertz CT molecular complexity index is 618. The standard InChI is InChI=1S/C23H32O2/c1-4-7-9-17-15-19(24)11-13-22(17)21(6-3)23-14-12-20(25)16-18(23)10-8-5-2/h11-16,21,24-25H,4-10H2,1-3H3. The number of aryl methyl sites for hydroxylation is 2. The second-order valence-electron chi connectivity index (χ2n) is 6.93. The lowest BCUT2D eigenvalue weighted by Gasteiger charge is -2.23. The zero-order chi connectivity index (χ0) is 18.2. The van der Waals surface area contributed by atoms with Gasteiger partial charge in [0.2, 0.25) is 0 Å². The summed E-state index contributed by atoms with van der Waals surface area (Å²) >= 11 is 0. The van der Waals surface area contributed by atoms with Gasteiger partial charge in [-0.2, -0.15) is 0 Å². The molecule has 2 heteroatoms. The Morgan fingerprint density at radius 3 is 1.52 bits per heavy atom. The molecule has 2 rings (SSSR count). The summed E-state index contributed by atoms with van der Waals surface area (Å²) in [6, 6.07) is 11.6. The highest BCUT2D eigenvalue weighted by Crippen LogP contribution is 2.36. The molecule has 0 aliphatic heterocycles. The van der Waals surface area contributed by atoms with Gasteiger partial charge in [0.1, 0.15) is 11.5 Å². The van der Waals surface area contributed by atoms with Crippen molar-refractivity contribution in [2.45, 2.75) is 71.6 Å². The Labute approximate surface area is 152 Å². The number of benzene rings is 2. The minimum Gasteiger partial charge on any atom is -0.508 e. The molecule has 2 N–H and O–H groups in total. The summed E-state index contributed by atoms with van der Waals surface area (Å²) in [6.45, 7) is 6.61. The van der Waals surface area contributed by atoms with Crippen molar-refractivity contribution in [1.29, 1.82) is 0 Å². The van der Waals surface area contributed by atoms with E-state index in [1.54, 1.807) is 12.1 Å². The molecule has 25 heavy (non-hydrogen) atoms. The van der Waals surface area contributed by atoms with E-state index in [2.05, 4.69) is 32.9 Å². The first kappa shape index (κ1) is 19.4. The molecule has 0 radical (unpaired) electrons. The fourth-order valence-corrected chi connectivity index (χ4v) is 3.64. The molecule has 0 amide bonds. The Morgan fingerprint density at radius 2 is 1.16 bits per heavy atom. The molecular formula is C23H32O2. The Kier molecular flexibility index (Phi) is 7.36. The maximum Gasteiger partial charge on any atom is 0.115 e. The van der Waals surface area contributed by atoms with Crippen LogP contribution in [0.1, 0.15) is 81.0 Å². The molecule has 0 aliphatic carbocycles. The molecule has 136 valence electrons. The number of aromatic hydroxyl groups is 2. The van der Waals surface area contributed by atoms with E-state index in [1.165, 1.54) is 22.3 Å². The van der Waals surface area contributed by atoms with Crippen LogP contribution in [0.4, 0.5) is 0 Å². The average Bonchev–Trinajstić information content (AvgIpc) is 2.61. The van der Waals surface area contributed by atoms with E-state index in [4.69, 9.17) is 0 Å². The number of rotatable bonds is 9. The molecule has 0 heterocycles. The SMILES string of the molecule is CCCCc1cc(O)ccc1C(CC)c1ccc(O)cc1CCCC. The van der Waals surface area contributed by atoms with E-state index in [1.807, 2.05) is 12.1 Å².